The van der Waals surface area contributed by atoms with E-state index in [1.165, 1.54) is 4.68 Å². The molecule has 6 rings (SSSR count). The highest BCUT2D eigenvalue weighted by Gasteiger charge is 2.18. The topological polar surface area (TPSA) is 108 Å². The molecule has 0 atom stereocenters. The minimum Gasteiger partial charge on any atom is -0.453 e. The molecule has 0 aliphatic heterocycles. The average Bonchev–Trinajstić information content (AvgIpc) is 3.42. The predicted molar refractivity (Wildman–Crippen MR) is 148 cm³/mol. The lowest BCUT2D eigenvalue weighted by Crippen LogP contribution is -2.20. The second kappa shape index (κ2) is 8.86. The number of halogens is 1. The first-order valence-corrected chi connectivity index (χ1v) is 12.3. The smallest absolute Gasteiger partial charge is 0.282 e. The Labute approximate surface area is 218 Å². The Morgan fingerprint density at radius 1 is 1.08 bits per heavy atom. The summed E-state index contributed by atoms with van der Waals surface area (Å²) in [6, 6.07) is 22.3. The standard InChI is InChI=1S/C28H20BrN5O3/c1-16-21(19-6-3-5-9-23(19)33(16)15-26(30)35)14-31-34-27(32-22-8-4-2-7-20(22)28(34)36)25-13-17-12-18(29)10-11-24(17)37-25/h2-14H,15H2,1H3,(H2,30,35). The van der Waals surface area contributed by atoms with Crippen LogP contribution in [-0.4, -0.2) is 26.3 Å². The third-order valence-electron chi connectivity index (χ3n) is 6.35. The van der Waals surface area contributed by atoms with E-state index < -0.39 is 5.91 Å². The summed E-state index contributed by atoms with van der Waals surface area (Å²) in [5.41, 5.74) is 8.82. The molecule has 0 aliphatic carbocycles. The molecular formula is C28H20BrN5O3. The molecule has 8 nitrogen and oxygen atoms in total. The molecule has 0 aliphatic rings. The Morgan fingerprint density at radius 3 is 2.65 bits per heavy atom. The van der Waals surface area contributed by atoms with Gasteiger partial charge in [-0.05, 0) is 49.4 Å². The van der Waals surface area contributed by atoms with Crippen LogP contribution in [0.3, 0.4) is 0 Å². The summed E-state index contributed by atoms with van der Waals surface area (Å²) in [5.74, 6) is 0.257. The summed E-state index contributed by atoms with van der Waals surface area (Å²) in [5, 5.41) is 6.81. The molecule has 0 spiro atoms. The van der Waals surface area contributed by atoms with Crippen LogP contribution in [0.2, 0.25) is 0 Å². The Kier molecular flexibility index (Phi) is 5.49. The minimum atomic E-state index is -0.443. The SMILES string of the molecule is Cc1c(C=Nn2c(-c3cc4cc(Br)ccc4o3)nc3ccccc3c2=O)c2ccccc2n1CC(N)=O. The monoisotopic (exact) mass is 553 g/mol. The van der Waals surface area contributed by atoms with Crippen LogP contribution in [0, 0.1) is 6.92 Å². The molecule has 182 valence electrons. The molecule has 1 amide bonds. The van der Waals surface area contributed by atoms with E-state index in [1.807, 2.05) is 66.1 Å². The molecule has 3 heterocycles. The molecule has 0 saturated heterocycles. The molecule has 0 unspecified atom stereocenters. The largest absolute Gasteiger partial charge is 0.453 e. The van der Waals surface area contributed by atoms with Gasteiger partial charge in [0.25, 0.3) is 5.56 Å². The number of para-hydroxylation sites is 2. The van der Waals surface area contributed by atoms with Crippen molar-refractivity contribution in [3.05, 3.63) is 98.9 Å². The zero-order valence-electron chi connectivity index (χ0n) is 19.7. The Morgan fingerprint density at radius 2 is 1.84 bits per heavy atom. The number of furan rings is 1. The first kappa shape index (κ1) is 22.9. The lowest BCUT2D eigenvalue weighted by Gasteiger charge is -2.07. The van der Waals surface area contributed by atoms with Crippen molar-refractivity contribution < 1.29 is 9.21 Å². The number of nitrogens with two attached hydrogens (primary N) is 1. The molecule has 0 bridgehead atoms. The number of fused-ring (bicyclic) bond motifs is 3. The summed E-state index contributed by atoms with van der Waals surface area (Å²) < 4.78 is 10.1. The van der Waals surface area contributed by atoms with Crippen LogP contribution in [0.4, 0.5) is 0 Å². The van der Waals surface area contributed by atoms with Crippen LogP contribution in [0.5, 0.6) is 0 Å². The maximum Gasteiger partial charge on any atom is 0.282 e. The second-order valence-corrected chi connectivity index (χ2v) is 9.59. The van der Waals surface area contributed by atoms with E-state index in [0.29, 0.717) is 22.2 Å². The van der Waals surface area contributed by atoms with Gasteiger partial charge in [0.15, 0.2) is 5.76 Å². The van der Waals surface area contributed by atoms with Crippen molar-refractivity contribution in [1.29, 1.82) is 0 Å². The molecule has 6 aromatic rings. The number of aromatic nitrogens is 3. The number of carbonyl (C=O) groups excluding carboxylic acids is 1. The van der Waals surface area contributed by atoms with E-state index in [1.54, 1.807) is 24.4 Å². The van der Waals surface area contributed by atoms with Crippen molar-refractivity contribution in [3.8, 4) is 11.6 Å². The van der Waals surface area contributed by atoms with Gasteiger partial charge in [-0.1, -0.05) is 46.3 Å². The summed E-state index contributed by atoms with van der Waals surface area (Å²) in [6.07, 6.45) is 1.62. The molecule has 3 aromatic carbocycles. The van der Waals surface area contributed by atoms with E-state index in [0.717, 1.165) is 32.0 Å². The fourth-order valence-electron chi connectivity index (χ4n) is 4.61. The lowest BCUT2D eigenvalue weighted by molar-refractivity contribution is -0.118. The van der Waals surface area contributed by atoms with E-state index in [4.69, 9.17) is 15.1 Å². The van der Waals surface area contributed by atoms with Gasteiger partial charge in [0, 0.05) is 32.0 Å². The van der Waals surface area contributed by atoms with Crippen LogP contribution in [-0.2, 0) is 11.3 Å². The summed E-state index contributed by atoms with van der Waals surface area (Å²) in [7, 11) is 0. The Hall–Kier alpha value is -4.50. The first-order valence-electron chi connectivity index (χ1n) is 11.5. The van der Waals surface area contributed by atoms with Crippen molar-refractivity contribution >= 4 is 60.8 Å². The highest BCUT2D eigenvalue weighted by atomic mass is 79.9. The number of carbonyl (C=O) groups is 1. The van der Waals surface area contributed by atoms with Gasteiger partial charge in [0.2, 0.25) is 11.7 Å². The quantitative estimate of drug-likeness (QED) is 0.296. The molecular weight excluding hydrogens is 534 g/mol. The number of nitrogens with zero attached hydrogens (tertiary/aromatic N) is 4. The maximum absolute atomic E-state index is 13.6. The molecule has 0 saturated carbocycles. The lowest BCUT2D eigenvalue weighted by atomic mass is 10.1. The summed E-state index contributed by atoms with van der Waals surface area (Å²) in [4.78, 5) is 30.1. The second-order valence-electron chi connectivity index (χ2n) is 8.68. The summed E-state index contributed by atoms with van der Waals surface area (Å²) in [6.45, 7) is 1.93. The van der Waals surface area contributed by atoms with Gasteiger partial charge in [-0.3, -0.25) is 9.59 Å². The zero-order valence-corrected chi connectivity index (χ0v) is 21.3. The van der Waals surface area contributed by atoms with Gasteiger partial charge in [-0.15, -0.1) is 0 Å². The van der Waals surface area contributed by atoms with Crippen LogP contribution in [0.1, 0.15) is 11.3 Å². The molecule has 37 heavy (non-hydrogen) atoms. The third kappa shape index (κ3) is 3.93. The zero-order chi connectivity index (χ0) is 25.7. The minimum absolute atomic E-state index is 0.0391. The van der Waals surface area contributed by atoms with E-state index >= 15 is 0 Å². The maximum atomic E-state index is 13.6. The van der Waals surface area contributed by atoms with Gasteiger partial charge >= 0.3 is 0 Å². The molecule has 3 aromatic heterocycles. The normalized spacial score (nSPS) is 11.8. The van der Waals surface area contributed by atoms with Gasteiger partial charge < -0.3 is 14.7 Å². The summed E-state index contributed by atoms with van der Waals surface area (Å²) >= 11 is 3.48. The number of hydrogen-bond acceptors (Lipinski definition) is 5. The Bertz CT molecular complexity index is 1950. The number of benzene rings is 3. The average molecular weight is 554 g/mol. The highest BCUT2D eigenvalue weighted by Crippen LogP contribution is 2.30. The van der Waals surface area contributed by atoms with E-state index in [2.05, 4.69) is 21.0 Å². The number of primary amides is 1. The van der Waals surface area contributed by atoms with Crippen molar-refractivity contribution in [2.24, 2.45) is 10.8 Å². The van der Waals surface area contributed by atoms with Crippen molar-refractivity contribution in [1.82, 2.24) is 14.2 Å². The first-order chi connectivity index (χ1) is 17.9. The fourth-order valence-corrected chi connectivity index (χ4v) is 4.99. The fraction of sp³-hybridized carbons (Fsp3) is 0.0714. The van der Waals surface area contributed by atoms with Crippen LogP contribution in [0.15, 0.2) is 91.6 Å². The number of hydrogen-bond donors (Lipinski definition) is 1. The van der Waals surface area contributed by atoms with Crippen LogP contribution < -0.4 is 11.3 Å². The Balaban J connectivity index is 1.58. The van der Waals surface area contributed by atoms with Crippen LogP contribution in [0.25, 0.3) is 44.4 Å². The van der Waals surface area contributed by atoms with Crippen LogP contribution >= 0.6 is 15.9 Å². The third-order valence-corrected chi connectivity index (χ3v) is 6.84. The molecule has 9 heteroatoms. The van der Waals surface area contributed by atoms with Crippen molar-refractivity contribution in [2.45, 2.75) is 13.5 Å². The molecule has 0 radical (unpaired) electrons. The molecule has 0 fully saturated rings. The highest BCUT2D eigenvalue weighted by molar-refractivity contribution is 9.10. The van der Waals surface area contributed by atoms with E-state index in [-0.39, 0.29) is 17.9 Å². The number of amides is 1. The van der Waals surface area contributed by atoms with Gasteiger partial charge in [0.1, 0.15) is 12.1 Å². The van der Waals surface area contributed by atoms with Gasteiger partial charge in [-0.2, -0.15) is 9.78 Å². The molecule has 2 N–H and O–H groups in total. The van der Waals surface area contributed by atoms with Crippen molar-refractivity contribution in [3.63, 3.8) is 0 Å². The predicted octanol–water partition coefficient (Wildman–Crippen LogP) is 5.20. The van der Waals surface area contributed by atoms with Crippen molar-refractivity contribution in [2.75, 3.05) is 0 Å². The van der Waals surface area contributed by atoms with Gasteiger partial charge in [0.05, 0.1) is 17.1 Å². The van der Waals surface area contributed by atoms with E-state index in [9.17, 15) is 9.59 Å². The van der Waals surface area contributed by atoms with Gasteiger partial charge in [-0.25, -0.2) is 4.98 Å². The number of rotatable bonds is 5.